The standard InChI is InChI=1S/C13H10ClF2NO/c14-9-3-1-4-10(15)8(9)7-12(18)13-11(16)5-2-6-17-13/h1-6,12,18H,7H2. The maximum absolute atomic E-state index is 13.5. The Morgan fingerprint density at radius 2 is 1.89 bits per heavy atom. The van der Waals surface area contributed by atoms with E-state index in [1.54, 1.807) is 0 Å². The van der Waals surface area contributed by atoms with E-state index >= 15 is 0 Å². The number of hydrogen-bond donors (Lipinski definition) is 1. The van der Waals surface area contributed by atoms with E-state index in [4.69, 9.17) is 11.6 Å². The van der Waals surface area contributed by atoms with Gasteiger partial charge in [0.2, 0.25) is 0 Å². The lowest BCUT2D eigenvalue weighted by Crippen LogP contribution is -2.08. The predicted molar refractivity (Wildman–Crippen MR) is 64.3 cm³/mol. The van der Waals surface area contributed by atoms with E-state index in [0.717, 1.165) is 0 Å². The summed E-state index contributed by atoms with van der Waals surface area (Å²) in [7, 11) is 0. The van der Waals surface area contributed by atoms with Gasteiger partial charge in [0.25, 0.3) is 0 Å². The zero-order valence-corrected chi connectivity index (χ0v) is 10.0. The molecule has 1 unspecified atom stereocenters. The molecule has 0 fully saturated rings. The number of aliphatic hydroxyl groups is 1. The largest absolute Gasteiger partial charge is 0.386 e. The second kappa shape index (κ2) is 5.42. The summed E-state index contributed by atoms with van der Waals surface area (Å²) in [5.74, 6) is -1.16. The molecule has 1 heterocycles. The molecule has 1 atom stereocenters. The van der Waals surface area contributed by atoms with Gasteiger partial charge in [0.05, 0.1) is 0 Å². The first-order chi connectivity index (χ1) is 8.59. The molecule has 0 saturated carbocycles. The Morgan fingerprint density at radius 1 is 1.17 bits per heavy atom. The number of rotatable bonds is 3. The maximum Gasteiger partial charge on any atom is 0.147 e. The molecular formula is C13H10ClF2NO. The van der Waals surface area contributed by atoms with Gasteiger partial charge in [0, 0.05) is 23.2 Å². The van der Waals surface area contributed by atoms with Crippen LogP contribution in [0.4, 0.5) is 8.78 Å². The van der Waals surface area contributed by atoms with Gasteiger partial charge in [-0.15, -0.1) is 0 Å². The topological polar surface area (TPSA) is 33.1 Å². The van der Waals surface area contributed by atoms with Gasteiger partial charge in [-0.3, -0.25) is 4.98 Å². The molecule has 0 amide bonds. The highest BCUT2D eigenvalue weighted by molar-refractivity contribution is 6.31. The van der Waals surface area contributed by atoms with Gasteiger partial charge in [-0.2, -0.15) is 0 Å². The molecule has 5 heteroatoms. The van der Waals surface area contributed by atoms with Crippen LogP contribution >= 0.6 is 11.6 Å². The predicted octanol–water partition coefficient (Wildman–Crippen LogP) is 3.29. The Hall–Kier alpha value is -1.52. The van der Waals surface area contributed by atoms with Gasteiger partial charge in [0.1, 0.15) is 23.4 Å². The number of aromatic nitrogens is 1. The van der Waals surface area contributed by atoms with Crippen molar-refractivity contribution in [2.75, 3.05) is 0 Å². The summed E-state index contributed by atoms with van der Waals surface area (Å²) in [6, 6.07) is 6.83. The van der Waals surface area contributed by atoms with Crippen LogP contribution in [0.3, 0.4) is 0 Å². The van der Waals surface area contributed by atoms with Gasteiger partial charge in [0.15, 0.2) is 0 Å². The van der Waals surface area contributed by atoms with Crippen LogP contribution in [0.1, 0.15) is 17.4 Å². The molecular weight excluding hydrogens is 260 g/mol. The van der Waals surface area contributed by atoms with Crippen LogP contribution in [-0.2, 0) is 6.42 Å². The van der Waals surface area contributed by atoms with Crippen molar-refractivity contribution in [1.82, 2.24) is 4.98 Å². The molecule has 0 spiro atoms. The highest BCUT2D eigenvalue weighted by Crippen LogP contribution is 2.25. The van der Waals surface area contributed by atoms with Crippen molar-refractivity contribution in [1.29, 1.82) is 0 Å². The Balaban J connectivity index is 2.27. The number of benzene rings is 1. The van der Waals surface area contributed by atoms with E-state index in [-0.39, 0.29) is 22.7 Å². The molecule has 0 aliphatic heterocycles. The van der Waals surface area contributed by atoms with Gasteiger partial charge in [-0.05, 0) is 24.3 Å². The number of hydrogen-bond acceptors (Lipinski definition) is 2. The Kier molecular flexibility index (Phi) is 3.89. The minimum atomic E-state index is -1.24. The highest BCUT2D eigenvalue weighted by Gasteiger charge is 2.18. The van der Waals surface area contributed by atoms with E-state index < -0.39 is 17.7 Å². The molecule has 1 N–H and O–H groups in total. The van der Waals surface area contributed by atoms with Crippen molar-refractivity contribution in [3.05, 3.63) is 64.4 Å². The molecule has 0 aliphatic carbocycles. The zero-order chi connectivity index (χ0) is 13.1. The molecule has 0 bridgehead atoms. The van der Waals surface area contributed by atoms with Crippen LogP contribution < -0.4 is 0 Å². The summed E-state index contributed by atoms with van der Waals surface area (Å²) >= 11 is 5.84. The average molecular weight is 270 g/mol. The van der Waals surface area contributed by atoms with E-state index in [9.17, 15) is 13.9 Å². The minimum absolute atomic E-state index is 0.114. The fourth-order valence-corrected chi connectivity index (χ4v) is 1.90. The monoisotopic (exact) mass is 269 g/mol. The maximum atomic E-state index is 13.5. The molecule has 94 valence electrons. The van der Waals surface area contributed by atoms with Crippen molar-refractivity contribution >= 4 is 11.6 Å². The van der Waals surface area contributed by atoms with E-state index in [0.29, 0.717) is 0 Å². The first-order valence-corrected chi connectivity index (χ1v) is 5.68. The third-order valence-corrected chi connectivity index (χ3v) is 2.92. The zero-order valence-electron chi connectivity index (χ0n) is 9.28. The van der Waals surface area contributed by atoms with Crippen LogP contribution in [-0.4, -0.2) is 10.1 Å². The SMILES string of the molecule is OC(Cc1c(F)cccc1Cl)c1ncccc1F. The normalized spacial score (nSPS) is 12.4. The van der Waals surface area contributed by atoms with Gasteiger partial charge in [-0.25, -0.2) is 8.78 Å². The molecule has 1 aromatic carbocycles. The Bertz CT molecular complexity index is 542. The fourth-order valence-electron chi connectivity index (χ4n) is 1.66. The Morgan fingerprint density at radius 3 is 2.56 bits per heavy atom. The molecule has 0 aliphatic rings. The van der Waals surface area contributed by atoms with Gasteiger partial charge >= 0.3 is 0 Å². The van der Waals surface area contributed by atoms with Crippen molar-refractivity contribution in [3.63, 3.8) is 0 Å². The second-order valence-corrected chi connectivity index (χ2v) is 4.20. The Labute approximate surface area is 108 Å². The first kappa shape index (κ1) is 12.9. The fraction of sp³-hybridized carbons (Fsp3) is 0.154. The van der Waals surface area contributed by atoms with Crippen LogP contribution in [0.15, 0.2) is 36.5 Å². The van der Waals surface area contributed by atoms with Crippen molar-refractivity contribution < 1.29 is 13.9 Å². The highest BCUT2D eigenvalue weighted by atomic mass is 35.5. The third kappa shape index (κ3) is 2.66. The molecule has 2 rings (SSSR count). The molecule has 2 aromatic rings. The summed E-state index contributed by atoms with van der Waals surface area (Å²) in [6.45, 7) is 0. The first-order valence-electron chi connectivity index (χ1n) is 5.31. The lowest BCUT2D eigenvalue weighted by Gasteiger charge is -2.12. The summed E-state index contributed by atoms with van der Waals surface area (Å²) in [4.78, 5) is 3.74. The summed E-state index contributed by atoms with van der Waals surface area (Å²) in [5, 5.41) is 10.1. The quantitative estimate of drug-likeness (QED) is 0.927. The van der Waals surface area contributed by atoms with Crippen molar-refractivity contribution in [3.8, 4) is 0 Å². The van der Waals surface area contributed by atoms with Crippen LogP contribution in [0.25, 0.3) is 0 Å². The van der Waals surface area contributed by atoms with Crippen molar-refractivity contribution in [2.45, 2.75) is 12.5 Å². The lowest BCUT2D eigenvalue weighted by atomic mass is 10.0. The van der Waals surface area contributed by atoms with Crippen LogP contribution in [0.2, 0.25) is 5.02 Å². The summed E-state index contributed by atoms with van der Waals surface area (Å²) in [5.41, 5.74) is 0.0357. The molecule has 2 nitrogen and oxygen atoms in total. The summed E-state index contributed by atoms with van der Waals surface area (Å²) < 4.78 is 26.9. The molecule has 0 radical (unpaired) electrons. The van der Waals surface area contributed by atoms with E-state index in [1.165, 1.54) is 36.5 Å². The summed E-state index contributed by atoms with van der Waals surface area (Å²) in [6.07, 6.45) is 0.00455. The molecule has 0 saturated heterocycles. The van der Waals surface area contributed by atoms with Crippen LogP contribution in [0, 0.1) is 11.6 Å². The van der Waals surface area contributed by atoms with E-state index in [1.807, 2.05) is 0 Å². The van der Waals surface area contributed by atoms with Crippen molar-refractivity contribution in [2.24, 2.45) is 0 Å². The lowest BCUT2D eigenvalue weighted by molar-refractivity contribution is 0.167. The minimum Gasteiger partial charge on any atom is -0.386 e. The van der Waals surface area contributed by atoms with Gasteiger partial charge in [-0.1, -0.05) is 17.7 Å². The number of nitrogens with zero attached hydrogens (tertiary/aromatic N) is 1. The van der Waals surface area contributed by atoms with E-state index in [2.05, 4.69) is 4.98 Å². The number of halogens is 3. The average Bonchev–Trinajstić information content (AvgIpc) is 2.34. The number of aliphatic hydroxyl groups excluding tert-OH is 1. The number of pyridine rings is 1. The smallest absolute Gasteiger partial charge is 0.147 e. The van der Waals surface area contributed by atoms with Gasteiger partial charge < -0.3 is 5.11 Å². The van der Waals surface area contributed by atoms with Crippen LogP contribution in [0.5, 0.6) is 0 Å². The second-order valence-electron chi connectivity index (χ2n) is 3.79. The molecule has 18 heavy (non-hydrogen) atoms. The molecule has 1 aromatic heterocycles. The third-order valence-electron chi connectivity index (χ3n) is 2.56.